The van der Waals surface area contributed by atoms with E-state index >= 15 is 0 Å². The fourth-order valence-electron chi connectivity index (χ4n) is 2.77. The van der Waals surface area contributed by atoms with Gasteiger partial charge in [0.05, 0.1) is 31.1 Å². The first-order chi connectivity index (χ1) is 11.1. The highest BCUT2D eigenvalue weighted by atomic mass is 16.5. The van der Waals surface area contributed by atoms with Crippen LogP contribution in [0.2, 0.25) is 0 Å². The predicted molar refractivity (Wildman–Crippen MR) is 88.2 cm³/mol. The maximum absolute atomic E-state index is 5.92. The van der Waals surface area contributed by atoms with Crippen LogP contribution >= 0.6 is 0 Å². The lowest BCUT2D eigenvalue weighted by Gasteiger charge is -2.23. The summed E-state index contributed by atoms with van der Waals surface area (Å²) in [6.07, 6.45) is 7.20. The number of allylic oxidation sites excluding steroid dienone is 4. The summed E-state index contributed by atoms with van der Waals surface area (Å²) in [6, 6.07) is 1.95. The predicted octanol–water partition coefficient (Wildman–Crippen LogP) is 1.81. The lowest BCUT2D eigenvalue weighted by molar-refractivity contribution is 0.206. The molecule has 0 amide bonds. The number of methoxy groups -OCH3 is 2. The van der Waals surface area contributed by atoms with Gasteiger partial charge in [0.1, 0.15) is 5.82 Å². The highest BCUT2D eigenvalue weighted by Gasteiger charge is 2.22. The second kappa shape index (κ2) is 6.12. The van der Waals surface area contributed by atoms with Gasteiger partial charge in [-0.2, -0.15) is 9.97 Å². The lowest BCUT2D eigenvalue weighted by atomic mass is 9.90. The first-order valence-electron chi connectivity index (χ1n) is 7.27. The molecule has 0 saturated heterocycles. The van der Waals surface area contributed by atoms with Crippen LogP contribution in [0.15, 0.2) is 35.9 Å². The van der Waals surface area contributed by atoms with Gasteiger partial charge < -0.3 is 20.9 Å². The molecular weight excluding hydrogens is 294 g/mol. The monoisotopic (exact) mass is 313 g/mol. The van der Waals surface area contributed by atoms with Crippen molar-refractivity contribution in [2.75, 3.05) is 25.7 Å². The van der Waals surface area contributed by atoms with Crippen molar-refractivity contribution in [3.8, 4) is 0 Å². The molecule has 4 N–H and O–H groups in total. The highest BCUT2D eigenvalue weighted by Crippen LogP contribution is 2.30. The van der Waals surface area contributed by atoms with E-state index in [1.807, 2.05) is 18.2 Å². The zero-order chi connectivity index (χ0) is 16.4. The molecule has 0 fully saturated rings. The van der Waals surface area contributed by atoms with Crippen LogP contribution in [0.1, 0.15) is 12.0 Å². The van der Waals surface area contributed by atoms with Gasteiger partial charge in [0.25, 0.3) is 0 Å². The van der Waals surface area contributed by atoms with E-state index in [0.29, 0.717) is 16.9 Å². The number of anilines is 2. The number of nitrogens with zero attached hydrogens (tertiary/aromatic N) is 3. The third-order valence-corrected chi connectivity index (χ3v) is 3.92. The molecule has 0 aliphatic heterocycles. The second-order valence-corrected chi connectivity index (χ2v) is 5.40. The highest BCUT2D eigenvalue weighted by molar-refractivity contribution is 5.86. The molecule has 0 bridgehead atoms. The Balaban J connectivity index is 1.89. The van der Waals surface area contributed by atoms with Crippen molar-refractivity contribution in [2.45, 2.75) is 12.8 Å². The molecule has 2 aromatic heterocycles. The minimum Gasteiger partial charge on any atom is -0.501 e. The summed E-state index contributed by atoms with van der Waals surface area (Å²) in [5.74, 6) is 2.51. The summed E-state index contributed by atoms with van der Waals surface area (Å²) in [6.45, 7) is 0. The molecular formula is C16H19N5O2. The molecule has 1 aliphatic rings. The summed E-state index contributed by atoms with van der Waals surface area (Å²) in [4.78, 5) is 12.4. The van der Waals surface area contributed by atoms with Crippen molar-refractivity contribution in [1.29, 1.82) is 0 Å². The quantitative estimate of drug-likeness (QED) is 0.885. The SMILES string of the molecule is COC1=CC=C(OC)C(Cc2cnc3nc(N)nc(N)c3c2)C1. The van der Waals surface area contributed by atoms with E-state index < -0.39 is 0 Å². The Morgan fingerprint density at radius 3 is 2.74 bits per heavy atom. The van der Waals surface area contributed by atoms with Gasteiger partial charge in [-0.1, -0.05) is 0 Å². The van der Waals surface area contributed by atoms with Gasteiger partial charge in [-0.15, -0.1) is 0 Å². The lowest BCUT2D eigenvalue weighted by Crippen LogP contribution is -2.14. The van der Waals surface area contributed by atoms with E-state index in [-0.39, 0.29) is 11.9 Å². The average molecular weight is 313 g/mol. The molecule has 0 spiro atoms. The molecule has 23 heavy (non-hydrogen) atoms. The van der Waals surface area contributed by atoms with E-state index in [9.17, 15) is 0 Å². The number of hydrogen-bond donors (Lipinski definition) is 2. The molecule has 0 saturated carbocycles. The standard InChI is InChI=1S/C16H19N5O2/c1-22-11-3-4-13(23-2)10(7-11)5-9-6-12-14(17)20-16(18)21-15(12)19-8-9/h3-4,6,8,10H,5,7H2,1-2H3,(H4,17,18,19,20,21). The van der Waals surface area contributed by atoms with Crippen molar-refractivity contribution < 1.29 is 9.47 Å². The van der Waals surface area contributed by atoms with Crippen molar-refractivity contribution in [3.05, 3.63) is 41.5 Å². The van der Waals surface area contributed by atoms with E-state index in [0.717, 1.165) is 29.9 Å². The summed E-state index contributed by atoms with van der Waals surface area (Å²) in [7, 11) is 3.35. The number of fused-ring (bicyclic) bond motifs is 1. The third kappa shape index (κ3) is 3.03. The molecule has 7 nitrogen and oxygen atoms in total. The molecule has 120 valence electrons. The van der Waals surface area contributed by atoms with Crippen LogP contribution in [0.5, 0.6) is 0 Å². The Labute approximate surface area is 134 Å². The molecule has 7 heteroatoms. The minimum atomic E-state index is 0.127. The largest absolute Gasteiger partial charge is 0.501 e. The Kier molecular flexibility index (Phi) is 4.01. The Bertz CT molecular complexity index is 800. The number of pyridine rings is 1. The average Bonchev–Trinajstić information content (AvgIpc) is 2.55. The van der Waals surface area contributed by atoms with Gasteiger partial charge >= 0.3 is 0 Å². The number of nitrogens with two attached hydrogens (primary N) is 2. The van der Waals surface area contributed by atoms with Crippen molar-refractivity contribution >= 4 is 22.8 Å². The summed E-state index contributed by atoms with van der Waals surface area (Å²) < 4.78 is 10.8. The maximum Gasteiger partial charge on any atom is 0.224 e. The van der Waals surface area contributed by atoms with E-state index in [1.54, 1.807) is 20.4 Å². The third-order valence-electron chi connectivity index (χ3n) is 3.92. The number of ether oxygens (including phenoxy) is 2. The van der Waals surface area contributed by atoms with E-state index in [2.05, 4.69) is 15.0 Å². The van der Waals surface area contributed by atoms with E-state index in [4.69, 9.17) is 20.9 Å². The molecule has 1 atom stereocenters. The molecule has 2 heterocycles. The topological polar surface area (TPSA) is 109 Å². The van der Waals surface area contributed by atoms with Crippen LogP contribution in [0.4, 0.5) is 11.8 Å². The molecule has 0 radical (unpaired) electrons. The summed E-state index contributed by atoms with van der Waals surface area (Å²) >= 11 is 0. The fourth-order valence-corrected chi connectivity index (χ4v) is 2.77. The number of rotatable bonds is 4. The van der Waals surface area contributed by atoms with Crippen LogP contribution in [-0.2, 0) is 15.9 Å². The molecule has 3 rings (SSSR count). The fraction of sp³-hybridized carbons (Fsp3) is 0.312. The Morgan fingerprint density at radius 2 is 2.00 bits per heavy atom. The smallest absolute Gasteiger partial charge is 0.224 e. The van der Waals surface area contributed by atoms with Crippen LogP contribution in [0, 0.1) is 5.92 Å². The number of aromatic nitrogens is 3. The van der Waals surface area contributed by atoms with Crippen LogP contribution in [0.3, 0.4) is 0 Å². The maximum atomic E-state index is 5.92. The van der Waals surface area contributed by atoms with Crippen molar-refractivity contribution in [3.63, 3.8) is 0 Å². The van der Waals surface area contributed by atoms with Crippen LogP contribution in [-0.4, -0.2) is 29.2 Å². The van der Waals surface area contributed by atoms with Gasteiger partial charge in [0.2, 0.25) is 5.95 Å². The normalized spacial score (nSPS) is 17.6. The van der Waals surface area contributed by atoms with Gasteiger partial charge in [0.15, 0.2) is 5.65 Å². The molecule has 1 aliphatic carbocycles. The van der Waals surface area contributed by atoms with E-state index in [1.165, 1.54) is 0 Å². The van der Waals surface area contributed by atoms with Crippen LogP contribution < -0.4 is 11.5 Å². The zero-order valence-electron chi connectivity index (χ0n) is 13.1. The molecule has 0 aromatic carbocycles. The molecule has 1 unspecified atom stereocenters. The first kappa shape index (κ1) is 15.1. The Hall–Kier alpha value is -2.83. The van der Waals surface area contributed by atoms with Gasteiger partial charge in [-0.25, -0.2) is 4.98 Å². The van der Waals surface area contributed by atoms with Crippen LogP contribution in [0.25, 0.3) is 11.0 Å². The first-order valence-corrected chi connectivity index (χ1v) is 7.27. The summed E-state index contributed by atoms with van der Waals surface area (Å²) in [5, 5.41) is 0.706. The second-order valence-electron chi connectivity index (χ2n) is 5.40. The van der Waals surface area contributed by atoms with Crippen molar-refractivity contribution in [2.24, 2.45) is 5.92 Å². The van der Waals surface area contributed by atoms with Gasteiger partial charge in [-0.3, -0.25) is 0 Å². The van der Waals surface area contributed by atoms with Gasteiger partial charge in [-0.05, 0) is 30.2 Å². The van der Waals surface area contributed by atoms with Gasteiger partial charge in [0, 0.05) is 18.5 Å². The number of hydrogen-bond acceptors (Lipinski definition) is 7. The number of nitrogen functional groups attached to an aromatic ring is 2. The van der Waals surface area contributed by atoms with Crippen molar-refractivity contribution in [1.82, 2.24) is 15.0 Å². The Morgan fingerprint density at radius 1 is 1.17 bits per heavy atom. The minimum absolute atomic E-state index is 0.127. The zero-order valence-corrected chi connectivity index (χ0v) is 13.1. The summed E-state index contributed by atoms with van der Waals surface area (Å²) in [5.41, 5.74) is 13.0. The molecule has 2 aromatic rings.